The molecule has 2 heterocycles. The van der Waals surface area contributed by atoms with E-state index in [4.69, 9.17) is 0 Å². The summed E-state index contributed by atoms with van der Waals surface area (Å²) in [6, 6.07) is 0. The first-order chi connectivity index (χ1) is 9.95. The van der Waals surface area contributed by atoms with E-state index in [-0.39, 0.29) is 28.1 Å². The molecule has 1 aromatic rings. The van der Waals surface area contributed by atoms with Crippen LogP contribution < -0.4 is 10.0 Å². The molecule has 0 bridgehead atoms. The van der Waals surface area contributed by atoms with Gasteiger partial charge >= 0.3 is 5.97 Å². The van der Waals surface area contributed by atoms with Gasteiger partial charge in [0.25, 0.3) is 0 Å². The molecule has 9 heteroatoms. The zero-order valence-electron chi connectivity index (χ0n) is 12.5. The molecule has 0 aromatic carbocycles. The number of nitrogens with one attached hydrogen (secondary N) is 2. The quantitative estimate of drug-likeness (QED) is 0.770. The van der Waals surface area contributed by atoms with Crippen molar-refractivity contribution in [3.8, 4) is 0 Å². The van der Waals surface area contributed by atoms with Gasteiger partial charge in [-0.2, -0.15) is 0 Å². The maximum Gasteiger partial charge on any atom is 0.349 e. The third kappa shape index (κ3) is 4.42. The number of piperidine rings is 1. The molecular weight excluding hydrogens is 348 g/mol. The normalized spacial score (nSPS) is 18.5. The highest BCUT2D eigenvalue weighted by molar-refractivity contribution is 7.89. The molecule has 22 heavy (non-hydrogen) atoms. The molecule has 1 fully saturated rings. The molecule has 6 nitrogen and oxygen atoms in total. The highest BCUT2D eigenvalue weighted by Gasteiger charge is 2.28. The topological polar surface area (TPSA) is 84.5 Å². The van der Waals surface area contributed by atoms with Gasteiger partial charge < -0.3 is 10.1 Å². The molecule has 0 amide bonds. The van der Waals surface area contributed by atoms with Gasteiger partial charge in [0.05, 0.1) is 7.11 Å². The average molecular weight is 369 g/mol. The first-order valence-electron chi connectivity index (χ1n) is 6.82. The minimum absolute atomic E-state index is 0. The third-order valence-corrected chi connectivity index (χ3v) is 6.34. The monoisotopic (exact) mass is 368 g/mol. The number of hydrogen-bond donors (Lipinski definition) is 2. The molecule has 0 spiro atoms. The van der Waals surface area contributed by atoms with Crippen molar-refractivity contribution in [2.75, 3.05) is 26.7 Å². The largest absolute Gasteiger partial charge is 0.465 e. The van der Waals surface area contributed by atoms with Crippen LogP contribution in [0.5, 0.6) is 0 Å². The van der Waals surface area contributed by atoms with Crippen LogP contribution in [0.3, 0.4) is 0 Å². The lowest BCUT2D eigenvalue weighted by atomic mass is 10.0. The maximum atomic E-state index is 12.5. The Hall–Kier alpha value is -0.670. The van der Waals surface area contributed by atoms with E-state index in [1.165, 1.54) is 7.11 Å². The fourth-order valence-electron chi connectivity index (χ4n) is 2.40. The SMILES string of the molecule is COC(=O)c1scc(C)c1S(=O)(=O)NCC1CCCNC1.Cl. The Morgan fingerprint density at radius 2 is 2.27 bits per heavy atom. The van der Waals surface area contributed by atoms with E-state index < -0.39 is 16.0 Å². The molecule has 2 N–H and O–H groups in total. The van der Waals surface area contributed by atoms with Crippen LogP contribution in [0.1, 0.15) is 28.1 Å². The maximum absolute atomic E-state index is 12.5. The van der Waals surface area contributed by atoms with Crippen molar-refractivity contribution >= 4 is 39.7 Å². The number of rotatable bonds is 5. The number of thiophene rings is 1. The summed E-state index contributed by atoms with van der Waals surface area (Å²) in [5.41, 5.74) is 0.565. The van der Waals surface area contributed by atoms with Crippen molar-refractivity contribution < 1.29 is 17.9 Å². The molecule has 1 aliphatic heterocycles. The van der Waals surface area contributed by atoms with E-state index in [9.17, 15) is 13.2 Å². The third-order valence-electron chi connectivity index (χ3n) is 3.52. The van der Waals surface area contributed by atoms with Gasteiger partial charge in [-0.05, 0) is 49.7 Å². The minimum atomic E-state index is -3.70. The van der Waals surface area contributed by atoms with Gasteiger partial charge in [-0.3, -0.25) is 0 Å². The van der Waals surface area contributed by atoms with E-state index >= 15 is 0 Å². The summed E-state index contributed by atoms with van der Waals surface area (Å²) in [5.74, 6) is -0.332. The molecule has 0 aliphatic carbocycles. The predicted molar refractivity (Wildman–Crippen MR) is 88.4 cm³/mol. The number of sulfonamides is 1. The Morgan fingerprint density at radius 1 is 1.55 bits per heavy atom. The van der Waals surface area contributed by atoms with Crippen molar-refractivity contribution in [3.63, 3.8) is 0 Å². The second-order valence-corrected chi connectivity index (χ2v) is 7.72. The number of aryl methyl sites for hydroxylation is 1. The highest BCUT2D eigenvalue weighted by atomic mass is 35.5. The summed E-state index contributed by atoms with van der Waals surface area (Å²) in [4.78, 5) is 11.9. The summed E-state index contributed by atoms with van der Waals surface area (Å²) in [7, 11) is -2.46. The van der Waals surface area contributed by atoms with Crippen LogP contribution in [0.2, 0.25) is 0 Å². The Morgan fingerprint density at radius 3 is 2.86 bits per heavy atom. The number of methoxy groups -OCH3 is 1. The van der Waals surface area contributed by atoms with Crippen LogP contribution in [0.25, 0.3) is 0 Å². The zero-order valence-corrected chi connectivity index (χ0v) is 15.0. The van der Waals surface area contributed by atoms with Crippen LogP contribution in [-0.2, 0) is 14.8 Å². The van der Waals surface area contributed by atoms with E-state index in [0.29, 0.717) is 12.1 Å². The number of carbonyl (C=O) groups is 1. The predicted octanol–water partition coefficient (Wildman–Crippen LogP) is 1.54. The number of hydrogen-bond acceptors (Lipinski definition) is 6. The first kappa shape index (κ1) is 19.4. The fraction of sp³-hybridized carbons (Fsp3) is 0.615. The van der Waals surface area contributed by atoms with Crippen molar-refractivity contribution in [1.29, 1.82) is 0 Å². The Balaban J connectivity index is 0.00000242. The van der Waals surface area contributed by atoms with Crippen LogP contribution >= 0.6 is 23.7 Å². The molecule has 1 atom stereocenters. The minimum Gasteiger partial charge on any atom is -0.465 e. The van der Waals surface area contributed by atoms with Gasteiger partial charge in [-0.1, -0.05) is 0 Å². The van der Waals surface area contributed by atoms with Crippen molar-refractivity contribution in [3.05, 3.63) is 15.8 Å². The van der Waals surface area contributed by atoms with Gasteiger partial charge in [0.1, 0.15) is 9.77 Å². The summed E-state index contributed by atoms with van der Waals surface area (Å²) in [6.07, 6.45) is 2.05. The van der Waals surface area contributed by atoms with E-state index in [1.54, 1.807) is 12.3 Å². The van der Waals surface area contributed by atoms with Gasteiger partial charge in [-0.15, -0.1) is 23.7 Å². The van der Waals surface area contributed by atoms with Crippen LogP contribution in [-0.4, -0.2) is 41.1 Å². The molecule has 126 valence electrons. The molecule has 1 aliphatic rings. The molecule has 1 aromatic heterocycles. The molecule has 0 radical (unpaired) electrons. The van der Waals surface area contributed by atoms with Gasteiger partial charge in [0.15, 0.2) is 0 Å². The summed E-state index contributed by atoms with van der Waals surface area (Å²) in [5, 5.41) is 4.90. The second kappa shape index (κ2) is 8.26. The smallest absolute Gasteiger partial charge is 0.349 e. The summed E-state index contributed by atoms with van der Waals surface area (Å²) >= 11 is 1.09. The lowest BCUT2D eigenvalue weighted by Crippen LogP contribution is -2.38. The van der Waals surface area contributed by atoms with Crippen LogP contribution in [0.4, 0.5) is 0 Å². The first-order valence-corrected chi connectivity index (χ1v) is 9.18. The molecule has 0 saturated carbocycles. The van der Waals surface area contributed by atoms with Gasteiger partial charge in [0, 0.05) is 6.54 Å². The molecule has 1 saturated heterocycles. The fourth-order valence-corrected chi connectivity index (χ4v) is 5.22. The Labute approximate surface area is 141 Å². The lowest BCUT2D eigenvalue weighted by molar-refractivity contribution is 0.0602. The van der Waals surface area contributed by atoms with E-state index in [0.717, 1.165) is 37.3 Å². The number of esters is 1. The van der Waals surface area contributed by atoms with Crippen molar-refractivity contribution in [2.24, 2.45) is 5.92 Å². The summed E-state index contributed by atoms with van der Waals surface area (Å²) in [6.45, 7) is 3.86. The number of carbonyl (C=O) groups excluding carboxylic acids is 1. The zero-order chi connectivity index (χ0) is 15.5. The van der Waals surface area contributed by atoms with E-state index in [1.807, 2.05) is 0 Å². The average Bonchev–Trinajstić information content (AvgIpc) is 2.88. The number of halogens is 1. The summed E-state index contributed by atoms with van der Waals surface area (Å²) < 4.78 is 32.2. The van der Waals surface area contributed by atoms with Crippen molar-refractivity contribution in [2.45, 2.75) is 24.7 Å². The number of ether oxygens (including phenoxy) is 1. The van der Waals surface area contributed by atoms with Gasteiger partial charge in [0.2, 0.25) is 10.0 Å². The Bertz CT molecular complexity index is 610. The standard InChI is InChI=1S/C13H20N2O4S2.ClH/c1-9-8-20-11(13(16)19-2)12(9)21(17,18)15-7-10-4-3-5-14-6-10;/h8,10,14-15H,3-7H2,1-2H3;1H. The van der Waals surface area contributed by atoms with Crippen LogP contribution in [0.15, 0.2) is 10.3 Å². The van der Waals surface area contributed by atoms with Crippen molar-refractivity contribution in [1.82, 2.24) is 10.0 Å². The second-order valence-electron chi connectivity index (χ2n) is 5.13. The Kier molecular flexibility index (Phi) is 7.27. The highest BCUT2D eigenvalue weighted by Crippen LogP contribution is 2.27. The molecule has 1 unspecified atom stereocenters. The molecule has 2 rings (SSSR count). The van der Waals surface area contributed by atoms with Gasteiger partial charge in [-0.25, -0.2) is 17.9 Å². The lowest BCUT2D eigenvalue weighted by Gasteiger charge is -2.22. The van der Waals surface area contributed by atoms with Crippen LogP contribution in [0, 0.1) is 12.8 Å². The molecular formula is C13H21ClN2O4S2. The van der Waals surface area contributed by atoms with E-state index in [2.05, 4.69) is 14.8 Å².